The number of carbonyl (C=O) groups is 1. The van der Waals surface area contributed by atoms with Crippen LogP contribution in [0.4, 0.5) is 5.82 Å². The highest BCUT2D eigenvalue weighted by Gasteiger charge is 2.39. The zero-order chi connectivity index (χ0) is 18.4. The number of rotatable bonds is 9. The van der Waals surface area contributed by atoms with E-state index in [9.17, 15) is 9.90 Å². The smallest absolute Gasteiger partial charge is 0.225 e. The zero-order valence-electron chi connectivity index (χ0n) is 14.3. The number of carbonyl (C=O) groups excluding carboxylic acids is 1. The van der Waals surface area contributed by atoms with E-state index in [1.807, 2.05) is 12.1 Å². The van der Waals surface area contributed by atoms with Crippen LogP contribution < -0.4 is 5.32 Å². The lowest BCUT2D eigenvalue weighted by molar-refractivity contribution is -0.116. The molecule has 8 heteroatoms. The van der Waals surface area contributed by atoms with Gasteiger partial charge in [-0.15, -0.1) is 12.3 Å². The Morgan fingerprint density at radius 2 is 2.23 bits per heavy atom. The van der Waals surface area contributed by atoms with Gasteiger partial charge in [-0.2, -0.15) is 15.3 Å². The molecule has 0 aliphatic carbocycles. The number of terminal acetylenes is 1. The molecular weight excluding hydrogens is 332 g/mol. The summed E-state index contributed by atoms with van der Waals surface area (Å²) in [5.41, 5.74) is 1.04. The van der Waals surface area contributed by atoms with Crippen LogP contribution in [-0.2, 0) is 11.3 Å². The lowest BCUT2D eigenvalue weighted by atomic mass is 10.0. The molecule has 134 valence electrons. The summed E-state index contributed by atoms with van der Waals surface area (Å²) in [6, 6.07) is 5.47. The van der Waals surface area contributed by atoms with Crippen molar-refractivity contribution in [2.75, 3.05) is 11.9 Å². The topological polar surface area (TPSA) is 105 Å². The van der Waals surface area contributed by atoms with Gasteiger partial charge in [-0.3, -0.25) is 9.78 Å². The van der Waals surface area contributed by atoms with Gasteiger partial charge in [0.25, 0.3) is 0 Å². The highest BCUT2D eigenvalue weighted by molar-refractivity contribution is 5.90. The van der Waals surface area contributed by atoms with Crippen LogP contribution in [0.5, 0.6) is 0 Å². The lowest BCUT2D eigenvalue weighted by Crippen LogP contribution is -2.19. The molecule has 0 fully saturated rings. The van der Waals surface area contributed by atoms with Gasteiger partial charge >= 0.3 is 0 Å². The minimum absolute atomic E-state index is 0.0794. The summed E-state index contributed by atoms with van der Waals surface area (Å²) < 4.78 is 1.57. The Balaban J connectivity index is 1.64. The van der Waals surface area contributed by atoms with E-state index in [-0.39, 0.29) is 25.5 Å². The number of hydrogen-bond acceptors (Lipinski definition) is 6. The molecule has 1 aliphatic rings. The maximum absolute atomic E-state index is 12.3. The molecule has 0 unspecified atom stereocenters. The van der Waals surface area contributed by atoms with E-state index in [2.05, 4.69) is 31.5 Å². The molecule has 1 amide bonds. The van der Waals surface area contributed by atoms with Crippen LogP contribution in [0.2, 0.25) is 0 Å². The van der Waals surface area contributed by atoms with Crippen molar-refractivity contribution in [2.45, 2.75) is 37.9 Å². The second kappa shape index (κ2) is 7.89. The number of hydrogen-bond donors (Lipinski definition) is 2. The molecule has 8 nitrogen and oxygen atoms in total. The molecule has 0 saturated carbocycles. The van der Waals surface area contributed by atoms with Gasteiger partial charge in [0.2, 0.25) is 5.91 Å². The quantitative estimate of drug-likeness (QED) is 0.675. The third-order valence-electron chi connectivity index (χ3n) is 4.12. The molecule has 0 atom stereocenters. The van der Waals surface area contributed by atoms with E-state index in [1.54, 1.807) is 23.1 Å². The number of aromatic nitrogens is 3. The first-order valence-electron chi connectivity index (χ1n) is 8.42. The number of nitrogens with one attached hydrogen (secondary N) is 1. The molecular formula is C18H20N6O2. The Morgan fingerprint density at radius 3 is 2.88 bits per heavy atom. The lowest BCUT2D eigenvalue weighted by Gasteiger charge is -2.10. The third-order valence-corrected chi connectivity index (χ3v) is 4.12. The highest BCUT2D eigenvalue weighted by Crippen LogP contribution is 2.37. The Kier molecular flexibility index (Phi) is 5.39. The largest absolute Gasteiger partial charge is 0.394 e. The second-order valence-corrected chi connectivity index (χ2v) is 6.04. The summed E-state index contributed by atoms with van der Waals surface area (Å²) in [5.74, 6) is 2.95. The number of aliphatic hydroxyl groups excluding tert-OH is 1. The normalized spacial score (nSPS) is 14.0. The summed E-state index contributed by atoms with van der Waals surface area (Å²) in [5, 5.41) is 24.6. The zero-order valence-corrected chi connectivity index (χ0v) is 14.3. The van der Waals surface area contributed by atoms with E-state index in [0.29, 0.717) is 30.8 Å². The Bertz CT molecular complexity index is 831. The van der Waals surface area contributed by atoms with Crippen molar-refractivity contribution in [1.82, 2.24) is 14.8 Å². The summed E-state index contributed by atoms with van der Waals surface area (Å²) in [6.07, 6.45) is 10.7. The molecule has 2 N–H and O–H groups in total. The number of anilines is 1. The first-order valence-corrected chi connectivity index (χ1v) is 8.42. The van der Waals surface area contributed by atoms with Crippen LogP contribution in [0.25, 0.3) is 11.3 Å². The van der Waals surface area contributed by atoms with Crippen molar-refractivity contribution >= 4 is 11.7 Å². The monoisotopic (exact) mass is 352 g/mol. The predicted molar refractivity (Wildman–Crippen MR) is 96.1 cm³/mol. The van der Waals surface area contributed by atoms with Crippen molar-refractivity contribution < 1.29 is 9.90 Å². The minimum Gasteiger partial charge on any atom is -0.394 e. The van der Waals surface area contributed by atoms with E-state index in [4.69, 9.17) is 6.42 Å². The SMILES string of the molecule is C#CCCC1(CCC(=O)Nc2cc(-c3cccnc3)nn2CCO)N=N1. The standard InChI is InChI=1S/C18H20N6O2/c1-2-3-7-18(22-23-18)8-6-17(26)20-16-12-15(21-24(16)10-11-25)14-5-4-9-19-13-14/h1,4-5,9,12-13,25H,3,6-8,10-11H2,(H,20,26). The molecule has 3 rings (SSSR count). The molecule has 0 radical (unpaired) electrons. The number of pyridine rings is 1. The van der Waals surface area contributed by atoms with Gasteiger partial charge in [0, 0.05) is 49.7 Å². The fraction of sp³-hybridized carbons (Fsp3) is 0.389. The number of aliphatic hydroxyl groups is 1. The van der Waals surface area contributed by atoms with Gasteiger partial charge in [0.05, 0.1) is 18.8 Å². The maximum Gasteiger partial charge on any atom is 0.225 e. The molecule has 0 spiro atoms. The Morgan fingerprint density at radius 1 is 1.38 bits per heavy atom. The molecule has 26 heavy (non-hydrogen) atoms. The molecule has 2 aromatic rings. The van der Waals surface area contributed by atoms with Crippen LogP contribution >= 0.6 is 0 Å². The van der Waals surface area contributed by atoms with E-state index in [1.165, 1.54) is 0 Å². The molecule has 1 aliphatic heterocycles. The Hall–Kier alpha value is -3.05. The van der Waals surface area contributed by atoms with Crippen LogP contribution in [0.15, 0.2) is 40.8 Å². The van der Waals surface area contributed by atoms with Crippen molar-refractivity contribution in [2.24, 2.45) is 10.2 Å². The van der Waals surface area contributed by atoms with Crippen molar-refractivity contribution in [3.05, 3.63) is 30.6 Å². The van der Waals surface area contributed by atoms with Gasteiger partial charge in [-0.1, -0.05) is 0 Å². The van der Waals surface area contributed by atoms with Crippen LogP contribution in [-0.4, -0.2) is 38.0 Å². The van der Waals surface area contributed by atoms with Gasteiger partial charge < -0.3 is 10.4 Å². The summed E-state index contributed by atoms with van der Waals surface area (Å²) in [6.45, 7) is 0.205. The van der Waals surface area contributed by atoms with Gasteiger partial charge in [0.1, 0.15) is 5.82 Å². The van der Waals surface area contributed by atoms with Gasteiger partial charge in [-0.25, -0.2) is 4.68 Å². The van der Waals surface area contributed by atoms with Crippen molar-refractivity contribution in [1.29, 1.82) is 0 Å². The molecule has 0 bridgehead atoms. The summed E-state index contributed by atoms with van der Waals surface area (Å²) >= 11 is 0. The van der Waals surface area contributed by atoms with E-state index >= 15 is 0 Å². The van der Waals surface area contributed by atoms with Crippen LogP contribution in [0, 0.1) is 12.3 Å². The van der Waals surface area contributed by atoms with Crippen LogP contribution in [0.1, 0.15) is 25.7 Å². The van der Waals surface area contributed by atoms with Crippen molar-refractivity contribution in [3.63, 3.8) is 0 Å². The average molecular weight is 352 g/mol. The maximum atomic E-state index is 12.3. The summed E-state index contributed by atoms with van der Waals surface area (Å²) in [7, 11) is 0. The number of nitrogens with zero attached hydrogens (tertiary/aromatic N) is 5. The first-order chi connectivity index (χ1) is 12.7. The second-order valence-electron chi connectivity index (χ2n) is 6.04. The van der Waals surface area contributed by atoms with E-state index < -0.39 is 5.66 Å². The fourth-order valence-electron chi connectivity index (χ4n) is 2.63. The Labute approximate surface area is 151 Å². The predicted octanol–water partition coefficient (Wildman–Crippen LogP) is 2.23. The fourth-order valence-corrected chi connectivity index (χ4v) is 2.63. The minimum atomic E-state index is -0.476. The van der Waals surface area contributed by atoms with Gasteiger partial charge in [0.15, 0.2) is 5.66 Å². The van der Waals surface area contributed by atoms with Crippen LogP contribution in [0.3, 0.4) is 0 Å². The first kappa shape index (κ1) is 17.8. The third kappa shape index (κ3) is 4.32. The average Bonchev–Trinajstić information content (AvgIpc) is 3.34. The van der Waals surface area contributed by atoms with Gasteiger partial charge in [-0.05, 0) is 12.1 Å². The summed E-state index contributed by atoms with van der Waals surface area (Å²) in [4.78, 5) is 16.4. The molecule has 0 aromatic carbocycles. The highest BCUT2D eigenvalue weighted by atomic mass is 16.3. The number of amides is 1. The van der Waals surface area contributed by atoms with E-state index in [0.717, 1.165) is 5.56 Å². The molecule has 2 aromatic heterocycles. The molecule has 0 saturated heterocycles. The van der Waals surface area contributed by atoms with Crippen molar-refractivity contribution in [3.8, 4) is 23.6 Å². The molecule has 3 heterocycles.